The number of nitrogens with one attached hydrogen (secondary N) is 2. The number of carboxylic acids is 1. The molecule has 0 aromatic carbocycles. The van der Waals surface area contributed by atoms with E-state index >= 15 is 0 Å². The maximum absolute atomic E-state index is 13.7. The van der Waals surface area contributed by atoms with Crippen LogP contribution in [-0.2, 0) is 9.59 Å². The molecule has 11 nitrogen and oxygen atoms in total. The van der Waals surface area contributed by atoms with Crippen LogP contribution in [0.3, 0.4) is 0 Å². The van der Waals surface area contributed by atoms with Crippen molar-refractivity contribution in [3.63, 3.8) is 0 Å². The summed E-state index contributed by atoms with van der Waals surface area (Å²) >= 11 is 1.41. The van der Waals surface area contributed by atoms with Crippen LogP contribution >= 0.6 is 11.3 Å². The number of hydrogen-bond acceptors (Lipinski definition) is 8. The molecule has 208 valence electrons. The number of nitrogens with zero attached hydrogens (tertiary/aromatic N) is 4. The van der Waals surface area contributed by atoms with E-state index < -0.39 is 47.0 Å². The summed E-state index contributed by atoms with van der Waals surface area (Å²) in [5.74, 6) is -0.921. The maximum atomic E-state index is 13.7. The monoisotopic (exact) mass is 554 g/mol. The highest BCUT2D eigenvalue weighted by Gasteiger charge is 2.46. The van der Waals surface area contributed by atoms with Crippen LogP contribution in [-0.4, -0.2) is 73.1 Å². The molecule has 3 N–H and O–H groups in total. The van der Waals surface area contributed by atoms with E-state index in [9.17, 15) is 19.5 Å². The van der Waals surface area contributed by atoms with Gasteiger partial charge in [-0.1, -0.05) is 26.8 Å². The van der Waals surface area contributed by atoms with Crippen molar-refractivity contribution >= 4 is 39.5 Å². The Balaban J connectivity index is 1.59. The van der Waals surface area contributed by atoms with Crippen LogP contribution in [0.4, 0.5) is 4.79 Å². The summed E-state index contributed by atoms with van der Waals surface area (Å²) < 4.78 is 6.98. The fraction of sp³-hybridized carbons (Fsp3) is 0.481. The normalized spacial score (nSPS) is 18.6. The molecule has 0 aliphatic carbocycles. The molecule has 1 aliphatic heterocycles. The molecule has 3 atom stereocenters. The first-order chi connectivity index (χ1) is 18.2. The van der Waals surface area contributed by atoms with Crippen LogP contribution in [0.2, 0.25) is 0 Å². The predicted octanol–water partition coefficient (Wildman–Crippen LogP) is 3.70. The van der Waals surface area contributed by atoms with E-state index in [0.29, 0.717) is 22.9 Å². The van der Waals surface area contributed by atoms with Crippen LogP contribution in [0, 0.1) is 5.41 Å². The summed E-state index contributed by atoms with van der Waals surface area (Å²) in [6, 6.07) is 4.71. The average Bonchev–Trinajstić information content (AvgIpc) is 3.48. The molecule has 4 heterocycles. The zero-order chi connectivity index (χ0) is 28.5. The van der Waals surface area contributed by atoms with Crippen LogP contribution < -0.4 is 15.4 Å². The van der Waals surface area contributed by atoms with E-state index in [2.05, 4.69) is 25.6 Å². The fourth-order valence-corrected chi connectivity index (χ4v) is 5.13. The summed E-state index contributed by atoms with van der Waals surface area (Å²) in [6.07, 6.45) is 1.09. The number of pyridine rings is 1. The van der Waals surface area contributed by atoms with Crippen molar-refractivity contribution in [1.82, 2.24) is 30.5 Å². The summed E-state index contributed by atoms with van der Waals surface area (Å²) in [5.41, 5.74) is 0.0783. The minimum absolute atomic E-state index is 0.0285. The van der Waals surface area contributed by atoms with Gasteiger partial charge in [-0.3, -0.25) is 9.78 Å². The number of rotatable bonds is 6. The van der Waals surface area contributed by atoms with Gasteiger partial charge in [0.25, 0.3) is 0 Å². The van der Waals surface area contributed by atoms with Crippen molar-refractivity contribution in [3.8, 4) is 17.4 Å². The van der Waals surface area contributed by atoms with E-state index in [4.69, 9.17) is 4.74 Å². The SMILES string of the molecule is CC(C)(C)NC(=O)N[C@H](C(=O)N1C[C@H](Oc2nc(-c3ccccn3)nc3ccsc23)C[C@H]1C(=O)O)C(C)(C)C. The summed E-state index contributed by atoms with van der Waals surface area (Å²) in [7, 11) is 0. The lowest BCUT2D eigenvalue weighted by Crippen LogP contribution is -2.60. The predicted molar refractivity (Wildman–Crippen MR) is 147 cm³/mol. The van der Waals surface area contributed by atoms with Crippen molar-refractivity contribution in [2.24, 2.45) is 5.41 Å². The third kappa shape index (κ3) is 6.62. The number of carboxylic acid groups (broad SMARTS) is 1. The van der Waals surface area contributed by atoms with Crippen LogP contribution in [0.25, 0.3) is 21.7 Å². The Morgan fingerprint density at radius 1 is 1.13 bits per heavy atom. The van der Waals surface area contributed by atoms with Gasteiger partial charge in [0.1, 0.15) is 28.6 Å². The largest absolute Gasteiger partial charge is 0.480 e. The Kier molecular flexibility index (Phi) is 7.78. The molecule has 0 saturated carbocycles. The number of amides is 3. The lowest BCUT2D eigenvalue weighted by molar-refractivity contribution is -0.150. The van der Waals surface area contributed by atoms with Crippen molar-refractivity contribution in [1.29, 1.82) is 0 Å². The first-order valence-electron chi connectivity index (χ1n) is 12.7. The van der Waals surface area contributed by atoms with Gasteiger partial charge < -0.3 is 25.4 Å². The molecular formula is C27H34N6O5S. The van der Waals surface area contributed by atoms with Crippen LogP contribution in [0.15, 0.2) is 35.8 Å². The molecule has 0 spiro atoms. The fourth-order valence-electron chi connectivity index (χ4n) is 4.37. The molecule has 4 rings (SSSR count). The molecule has 0 bridgehead atoms. The minimum atomic E-state index is -1.14. The Bertz CT molecular complexity index is 1360. The minimum Gasteiger partial charge on any atom is -0.480 e. The Hall–Kier alpha value is -3.80. The third-order valence-corrected chi connectivity index (χ3v) is 7.04. The highest BCUT2D eigenvalue weighted by atomic mass is 32.1. The third-order valence-electron chi connectivity index (χ3n) is 6.15. The maximum Gasteiger partial charge on any atom is 0.326 e. The molecule has 3 amide bonds. The van der Waals surface area contributed by atoms with E-state index in [0.717, 1.165) is 4.70 Å². The molecule has 1 fully saturated rings. The van der Waals surface area contributed by atoms with Crippen LogP contribution in [0.5, 0.6) is 5.88 Å². The number of aliphatic carboxylic acids is 1. The number of hydrogen-bond donors (Lipinski definition) is 3. The highest BCUT2D eigenvalue weighted by molar-refractivity contribution is 7.17. The summed E-state index contributed by atoms with van der Waals surface area (Å²) in [6.45, 7) is 11.0. The standard InChI is InChI=1S/C27H34N6O5S/c1-26(2,3)20(30-25(37)32-27(4,5)6)23(34)33-14-15(13-18(33)24(35)36)38-22-19-16(10-12-39-19)29-21(31-22)17-9-7-8-11-28-17/h7-12,15,18,20H,13-14H2,1-6H3,(H,35,36)(H2,30,32,37)/t15-,18+,20-/m1/s1. The number of carbonyl (C=O) groups is 3. The van der Waals surface area contributed by atoms with Gasteiger partial charge >= 0.3 is 12.0 Å². The van der Waals surface area contributed by atoms with E-state index in [-0.39, 0.29) is 13.0 Å². The van der Waals surface area contributed by atoms with E-state index in [1.165, 1.54) is 16.2 Å². The molecule has 39 heavy (non-hydrogen) atoms. The number of likely N-dealkylation sites (tertiary alicyclic amines) is 1. The molecular weight excluding hydrogens is 520 g/mol. The van der Waals surface area contributed by atoms with E-state index in [1.54, 1.807) is 18.3 Å². The Labute approximate surface area is 231 Å². The van der Waals surface area contributed by atoms with Gasteiger partial charge in [-0.05, 0) is 49.8 Å². The molecule has 0 unspecified atom stereocenters. The van der Waals surface area contributed by atoms with Crippen molar-refractivity contribution in [2.75, 3.05) is 6.54 Å². The van der Waals surface area contributed by atoms with Gasteiger partial charge in [0.2, 0.25) is 11.8 Å². The second-order valence-electron chi connectivity index (χ2n) is 11.7. The van der Waals surface area contributed by atoms with Gasteiger partial charge in [-0.2, -0.15) is 4.98 Å². The van der Waals surface area contributed by atoms with Crippen molar-refractivity contribution < 1.29 is 24.2 Å². The van der Waals surface area contributed by atoms with Crippen LogP contribution in [0.1, 0.15) is 48.0 Å². The molecule has 0 radical (unpaired) electrons. The lowest BCUT2D eigenvalue weighted by atomic mass is 9.85. The summed E-state index contributed by atoms with van der Waals surface area (Å²) in [5, 5.41) is 17.4. The highest BCUT2D eigenvalue weighted by Crippen LogP contribution is 2.33. The van der Waals surface area contributed by atoms with Gasteiger partial charge in [-0.25, -0.2) is 14.6 Å². The number of carbonyl (C=O) groups excluding carboxylic acids is 2. The molecule has 1 aliphatic rings. The molecule has 3 aromatic heterocycles. The Morgan fingerprint density at radius 2 is 1.87 bits per heavy atom. The number of aromatic nitrogens is 3. The van der Waals surface area contributed by atoms with E-state index in [1.807, 2.05) is 59.1 Å². The topological polar surface area (TPSA) is 147 Å². The van der Waals surface area contributed by atoms with Gasteiger partial charge in [0, 0.05) is 18.2 Å². The van der Waals surface area contributed by atoms with Gasteiger partial charge in [-0.15, -0.1) is 11.3 Å². The van der Waals surface area contributed by atoms with Gasteiger partial charge in [0.15, 0.2) is 5.82 Å². The number of urea groups is 1. The number of thiophene rings is 1. The first-order valence-corrected chi connectivity index (χ1v) is 13.6. The lowest BCUT2D eigenvalue weighted by Gasteiger charge is -2.35. The molecule has 12 heteroatoms. The van der Waals surface area contributed by atoms with Crippen molar-refractivity contribution in [2.45, 2.75) is 71.7 Å². The second kappa shape index (κ2) is 10.8. The first kappa shape index (κ1) is 28.2. The van der Waals surface area contributed by atoms with Gasteiger partial charge in [0.05, 0.1) is 12.1 Å². The number of ether oxygens (including phenoxy) is 1. The zero-order valence-electron chi connectivity index (χ0n) is 22.9. The quantitative estimate of drug-likeness (QED) is 0.418. The number of fused-ring (bicyclic) bond motifs is 1. The molecule has 3 aromatic rings. The second-order valence-corrected chi connectivity index (χ2v) is 12.6. The smallest absolute Gasteiger partial charge is 0.326 e. The average molecular weight is 555 g/mol. The zero-order valence-corrected chi connectivity index (χ0v) is 23.7. The Morgan fingerprint density at radius 3 is 2.49 bits per heavy atom. The van der Waals surface area contributed by atoms with Crippen molar-refractivity contribution in [3.05, 3.63) is 35.8 Å². The molecule has 1 saturated heterocycles. The summed E-state index contributed by atoms with van der Waals surface area (Å²) in [4.78, 5) is 53.4.